The molecule has 1 aromatic rings. The van der Waals surface area contributed by atoms with Gasteiger partial charge in [-0.3, -0.25) is 4.79 Å². The van der Waals surface area contributed by atoms with Crippen molar-refractivity contribution in [1.82, 2.24) is 4.98 Å². The van der Waals surface area contributed by atoms with Gasteiger partial charge in [0, 0.05) is 17.5 Å². The van der Waals surface area contributed by atoms with Crippen molar-refractivity contribution in [3.05, 3.63) is 9.98 Å². The summed E-state index contributed by atoms with van der Waals surface area (Å²) in [5.74, 6) is -0.866. The smallest absolute Gasteiger partial charge is 0.308 e. The van der Waals surface area contributed by atoms with Gasteiger partial charge in [-0.1, -0.05) is 0 Å². The maximum Gasteiger partial charge on any atom is 0.308 e. The van der Waals surface area contributed by atoms with Crippen LogP contribution in [0.1, 0.15) is 19.3 Å². The molecule has 3 rings (SSSR count). The normalized spacial score (nSPS) is 32.3. The van der Waals surface area contributed by atoms with Crippen molar-refractivity contribution >= 4 is 38.4 Å². The quantitative estimate of drug-likeness (QED) is 0.911. The third-order valence-electron chi connectivity index (χ3n) is 3.54. The van der Waals surface area contributed by atoms with Gasteiger partial charge in [-0.05, 0) is 35.2 Å². The van der Waals surface area contributed by atoms with Gasteiger partial charge in [0.2, 0.25) is 0 Å². The van der Waals surface area contributed by atoms with Gasteiger partial charge in [0.25, 0.3) is 0 Å². The lowest BCUT2D eigenvalue weighted by molar-refractivity contribution is -0.142. The van der Waals surface area contributed by atoms with Crippen molar-refractivity contribution in [2.24, 2.45) is 5.92 Å². The number of carbonyl (C=O) groups is 1. The highest BCUT2D eigenvalue weighted by molar-refractivity contribution is 9.10. The number of rotatable bonds is 2. The van der Waals surface area contributed by atoms with E-state index in [-0.39, 0.29) is 12.0 Å². The fraction of sp³-hybridized carbons (Fsp3) is 0.600. The van der Waals surface area contributed by atoms with Crippen LogP contribution in [0.4, 0.5) is 5.13 Å². The lowest BCUT2D eigenvalue weighted by Gasteiger charge is -2.21. The van der Waals surface area contributed by atoms with Crippen LogP contribution in [0.5, 0.6) is 0 Å². The number of carboxylic acids is 1. The van der Waals surface area contributed by atoms with Crippen LogP contribution < -0.4 is 4.90 Å². The summed E-state index contributed by atoms with van der Waals surface area (Å²) >= 11 is 4.92. The molecule has 16 heavy (non-hydrogen) atoms. The van der Waals surface area contributed by atoms with E-state index in [0.717, 1.165) is 29.0 Å². The molecule has 0 amide bonds. The number of halogens is 1. The Balaban J connectivity index is 1.90. The maximum absolute atomic E-state index is 11.1. The minimum atomic E-state index is -0.659. The molecule has 2 fully saturated rings. The molecule has 0 aliphatic carbocycles. The van der Waals surface area contributed by atoms with Crippen molar-refractivity contribution in [3.8, 4) is 0 Å². The largest absolute Gasteiger partial charge is 0.481 e. The van der Waals surface area contributed by atoms with E-state index in [4.69, 9.17) is 5.11 Å². The lowest BCUT2D eigenvalue weighted by atomic mass is 9.89. The summed E-state index contributed by atoms with van der Waals surface area (Å²) in [4.78, 5) is 17.7. The number of hydrogen-bond donors (Lipinski definition) is 1. The molecule has 1 N–H and O–H groups in total. The first-order valence-corrected chi connectivity index (χ1v) is 6.96. The molecule has 86 valence electrons. The SMILES string of the molecule is O=C(O)C1CC2CCC1N2c1nc(Br)cs1. The van der Waals surface area contributed by atoms with E-state index in [1.165, 1.54) is 0 Å². The standard InChI is InChI=1S/C10H11BrN2O2S/c11-8-4-16-10(12-8)13-5-1-2-7(13)6(3-5)9(14)15/h4-7H,1-3H2,(H,14,15). The summed E-state index contributed by atoms with van der Waals surface area (Å²) in [6.45, 7) is 0. The summed E-state index contributed by atoms with van der Waals surface area (Å²) in [5.41, 5.74) is 0. The van der Waals surface area contributed by atoms with Crippen molar-refractivity contribution < 1.29 is 9.90 Å². The minimum Gasteiger partial charge on any atom is -0.481 e. The van der Waals surface area contributed by atoms with Gasteiger partial charge in [0.1, 0.15) is 4.60 Å². The first kappa shape index (κ1) is 10.5. The van der Waals surface area contributed by atoms with Crippen molar-refractivity contribution in [2.45, 2.75) is 31.3 Å². The summed E-state index contributed by atoms with van der Waals surface area (Å²) in [6, 6.07) is 0.532. The fourth-order valence-corrected chi connectivity index (χ4v) is 4.29. The molecular formula is C10H11BrN2O2S. The van der Waals surface area contributed by atoms with Crippen LogP contribution in [0, 0.1) is 5.92 Å². The zero-order chi connectivity index (χ0) is 11.3. The van der Waals surface area contributed by atoms with E-state index >= 15 is 0 Å². The Bertz CT molecular complexity index is 436. The molecule has 2 saturated heterocycles. The van der Waals surface area contributed by atoms with Crippen LogP contribution in [-0.2, 0) is 4.79 Å². The third-order valence-corrected chi connectivity index (χ3v) is 5.10. The Morgan fingerprint density at radius 3 is 3.00 bits per heavy atom. The number of fused-ring (bicyclic) bond motifs is 2. The third kappa shape index (κ3) is 1.47. The highest BCUT2D eigenvalue weighted by Crippen LogP contribution is 2.45. The number of hydrogen-bond acceptors (Lipinski definition) is 4. The first-order chi connectivity index (χ1) is 7.66. The van der Waals surface area contributed by atoms with Gasteiger partial charge >= 0.3 is 5.97 Å². The fourth-order valence-electron chi connectivity index (χ4n) is 2.92. The number of nitrogens with zero attached hydrogens (tertiary/aromatic N) is 2. The van der Waals surface area contributed by atoms with Crippen LogP contribution in [0.3, 0.4) is 0 Å². The van der Waals surface area contributed by atoms with Gasteiger partial charge < -0.3 is 10.0 Å². The number of thiazole rings is 1. The van der Waals surface area contributed by atoms with Gasteiger partial charge in [-0.25, -0.2) is 4.98 Å². The summed E-state index contributed by atoms with van der Waals surface area (Å²) in [6.07, 6.45) is 2.86. The van der Waals surface area contributed by atoms with E-state index in [0.29, 0.717) is 6.04 Å². The van der Waals surface area contributed by atoms with E-state index in [1.54, 1.807) is 11.3 Å². The molecule has 3 atom stereocenters. The molecule has 3 unspecified atom stereocenters. The van der Waals surface area contributed by atoms with Gasteiger partial charge in [0.05, 0.1) is 5.92 Å². The first-order valence-electron chi connectivity index (χ1n) is 5.29. The second kappa shape index (κ2) is 3.70. The number of aliphatic carboxylic acids is 1. The van der Waals surface area contributed by atoms with E-state index < -0.39 is 5.97 Å². The molecule has 0 spiro atoms. The van der Waals surface area contributed by atoms with Crippen LogP contribution in [-0.4, -0.2) is 28.1 Å². The average Bonchev–Trinajstić information content (AvgIpc) is 2.89. The molecule has 2 bridgehead atoms. The molecule has 0 radical (unpaired) electrons. The Morgan fingerprint density at radius 2 is 2.44 bits per heavy atom. The van der Waals surface area contributed by atoms with Gasteiger partial charge in [-0.15, -0.1) is 11.3 Å². The zero-order valence-corrected chi connectivity index (χ0v) is 10.9. The van der Waals surface area contributed by atoms with Crippen molar-refractivity contribution in [3.63, 3.8) is 0 Å². The highest BCUT2D eigenvalue weighted by atomic mass is 79.9. The molecule has 0 saturated carbocycles. The van der Waals surface area contributed by atoms with Gasteiger partial charge in [0.15, 0.2) is 5.13 Å². The molecule has 1 aromatic heterocycles. The monoisotopic (exact) mass is 302 g/mol. The highest BCUT2D eigenvalue weighted by Gasteiger charge is 2.50. The summed E-state index contributed by atoms with van der Waals surface area (Å²) < 4.78 is 0.839. The minimum absolute atomic E-state index is 0.153. The van der Waals surface area contributed by atoms with Crippen molar-refractivity contribution in [2.75, 3.05) is 4.90 Å². The van der Waals surface area contributed by atoms with Crippen molar-refractivity contribution in [1.29, 1.82) is 0 Å². The number of anilines is 1. The Morgan fingerprint density at radius 1 is 1.62 bits per heavy atom. The molecule has 3 heterocycles. The second-order valence-corrected chi connectivity index (χ2v) is 5.99. The summed E-state index contributed by atoms with van der Waals surface area (Å²) in [7, 11) is 0. The Hall–Kier alpha value is -0.620. The molecule has 0 aromatic carbocycles. The van der Waals surface area contributed by atoms with E-state index in [9.17, 15) is 4.79 Å². The molecular weight excluding hydrogens is 292 g/mol. The van der Waals surface area contributed by atoms with E-state index in [1.807, 2.05) is 5.38 Å². The summed E-state index contributed by atoms with van der Waals surface area (Å²) in [5, 5.41) is 12.1. The lowest BCUT2D eigenvalue weighted by Crippen LogP contribution is -2.32. The number of aromatic nitrogens is 1. The van der Waals surface area contributed by atoms with Crippen LogP contribution in [0.25, 0.3) is 0 Å². The van der Waals surface area contributed by atoms with Crippen LogP contribution in [0.15, 0.2) is 9.98 Å². The Labute approximate surface area is 105 Å². The predicted octanol–water partition coefficient (Wildman–Crippen LogP) is 2.35. The average molecular weight is 303 g/mol. The number of carboxylic acid groups (broad SMARTS) is 1. The molecule has 2 aliphatic rings. The topological polar surface area (TPSA) is 53.4 Å². The van der Waals surface area contributed by atoms with Gasteiger partial charge in [-0.2, -0.15) is 0 Å². The Kier molecular flexibility index (Phi) is 2.43. The predicted molar refractivity (Wildman–Crippen MR) is 64.8 cm³/mol. The zero-order valence-electron chi connectivity index (χ0n) is 8.47. The molecule has 2 aliphatic heterocycles. The maximum atomic E-state index is 11.1. The van der Waals surface area contributed by atoms with E-state index in [2.05, 4.69) is 25.8 Å². The van der Waals surface area contributed by atoms with Crippen LogP contribution >= 0.6 is 27.3 Å². The molecule has 4 nitrogen and oxygen atoms in total. The van der Waals surface area contributed by atoms with Crippen LogP contribution in [0.2, 0.25) is 0 Å². The molecule has 6 heteroatoms. The second-order valence-electron chi connectivity index (χ2n) is 4.34.